The molecular weight excluding hydrogens is 258 g/mol. The van der Waals surface area contributed by atoms with Crippen molar-refractivity contribution in [3.8, 4) is 0 Å². The van der Waals surface area contributed by atoms with Crippen molar-refractivity contribution in [3.05, 3.63) is 29.3 Å². The first-order chi connectivity index (χ1) is 9.25. The van der Waals surface area contributed by atoms with Gasteiger partial charge in [-0.2, -0.15) is 0 Å². The van der Waals surface area contributed by atoms with Crippen LogP contribution in [-0.2, 0) is 9.59 Å². The van der Waals surface area contributed by atoms with Crippen LogP contribution in [0, 0.1) is 19.8 Å². The first kappa shape index (κ1) is 16.0. The van der Waals surface area contributed by atoms with Crippen molar-refractivity contribution in [2.75, 3.05) is 11.4 Å². The average Bonchev–Trinajstić information content (AvgIpc) is 2.35. The molecule has 0 aliphatic heterocycles. The van der Waals surface area contributed by atoms with E-state index in [0.29, 0.717) is 0 Å². The van der Waals surface area contributed by atoms with E-state index >= 15 is 0 Å². The van der Waals surface area contributed by atoms with E-state index < -0.39 is 23.9 Å². The fourth-order valence-electron chi connectivity index (χ4n) is 2.21. The van der Waals surface area contributed by atoms with Gasteiger partial charge in [-0.3, -0.25) is 4.79 Å². The van der Waals surface area contributed by atoms with Crippen LogP contribution in [0.4, 0.5) is 5.69 Å². The SMILES string of the molecule is Cc1cccc(C)c1N(CC(C)C(=O)O)C(C)C(=O)O. The zero-order valence-corrected chi connectivity index (χ0v) is 12.3. The summed E-state index contributed by atoms with van der Waals surface area (Å²) < 4.78 is 0. The van der Waals surface area contributed by atoms with Gasteiger partial charge in [-0.15, -0.1) is 0 Å². The average molecular weight is 279 g/mol. The summed E-state index contributed by atoms with van der Waals surface area (Å²) in [7, 11) is 0. The topological polar surface area (TPSA) is 77.8 Å². The van der Waals surface area contributed by atoms with Crippen molar-refractivity contribution in [3.63, 3.8) is 0 Å². The van der Waals surface area contributed by atoms with E-state index in [4.69, 9.17) is 5.11 Å². The molecule has 0 saturated carbocycles. The molecule has 20 heavy (non-hydrogen) atoms. The maximum absolute atomic E-state index is 11.3. The van der Waals surface area contributed by atoms with E-state index in [-0.39, 0.29) is 6.54 Å². The molecule has 1 rings (SSSR count). The number of hydrogen-bond acceptors (Lipinski definition) is 3. The minimum absolute atomic E-state index is 0.161. The number of hydrogen-bond donors (Lipinski definition) is 2. The zero-order valence-electron chi connectivity index (χ0n) is 12.3. The number of aliphatic carboxylic acids is 2. The molecule has 0 spiro atoms. The number of anilines is 1. The lowest BCUT2D eigenvalue weighted by molar-refractivity contribution is -0.142. The van der Waals surface area contributed by atoms with Crippen molar-refractivity contribution >= 4 is 17.6 Å². The highest BCUT2D eigenvalue weighted by molar-refractivity contribution is 5.80. The van der Waals surface area contributed by atoms with Gasteiger partial charge >= 0.3 is 11.9 Å². The van der Waals surface area contributed by atoms with Gasteiger partial charge in [0, 0.05) is 12.2 Å². The predicted octanol–water partition coefficient (Wildman–Crippen LogP) is 2.30. The van der Waals surface area contributed by atoms with Crippen LogP contribution in [0.3, 0.4) is 0 Å². The molecule has 1 aromatic carbocycles. The maximum Gasteiger partial charge on any atom is 0.326 e. The number of carboxylic acids is 2. The van der Waals surface area contributed by atoms with E-state index in [0.717, 1.165) is 16.8 Å². The Kier molecular flexibility index (Phi) is 5.13. The number of carbonyl (C=O) groups is 2. The number of carboxylic acid groups (broad SMARTS) is 2. The molecule has 5 heteroatoms. The van der Waals surface area contributed by atoms with Gasteiger partial charge in [0.25, 0.3) is 0 Å². The first-order valence-corrected chi connectivity index (χ1v) is 6.54. The minimum Gasteiger partial charge on any atom is -0.481 e. The molecule has 2 atom stereocenters. The van der Waals surface area contributed by atoms with Gasteiger partial charge in [0.2, 0.25) is 0 Å². The summed E-state index contributed by atoms with van der Waals surface area (Å²) in [5.74, 6) is -2.54. The van der Waals surface area contributed by atoms with Gasteiger partial charge in [-0.05, 0) is 31.9 Å². The summed E-state index contributed by atoms with van der Waals surface area (Å²) >= 11 is 0. The predicted molar refractivity (Wildman–Crippen MR) is 77.2 cm³/mol. The van der Waals surface area contributed by atoms with Crippen molar-refractivity contribution in [2.24, 2.45) is 5.92 Å². The second kappa shape index (κ2) is 6.41. The Labute approximate surface area is 118 Å². The van der Waals surface area contributed by atoms with Crippen LogP contribution >= 0.6 is 0 Å². The number of rotatable bonds is 6. The lowest BCUT2D eigenvalue weighted by Gasteiger charge is -2.32. The van der Waals surface area contributed by atoms with Gasteiger partial charge in [0.15, 0.2) is 0 Å². The molecule has 5 nitrogen and oxygen atoms in total. The summed E-state index contributed by atoms with van der Waals surface area (Å²) in [5, 5.41) is 18.3. The molecular formula is C15H21NO4. The second-order valence-electron chi connectivity index (χ2n) is 5.15. The van der Waals surface area contributed by atoms with Crippen LogP contribution < -0.4 is 4.90 Å². The number of para-hydroxylation sites is 1. The van der Waals surface area contributed by atoms with Crippen molar-refractivity contribution in [1.82, 2.24) is 0 Å². The molecule has 0 amide bonds. The lowest BCUT2D eigenvalue weighted by Crippen LogP contribution is -2.43. The normalized spacial score (nSPS) is 13.6. The molecule has 0 aliphatic carbocycles. The number of aryl methyl sites for hydroxylation is 2. The minimum atomic E-state index is -0.967. The highest BCUT2D eigenvalue weighted by atomic mass is 16.4. The van der Waals surface area contributed by atoms with Gasteiger partial charge in [-0.1, -0.05) is 25.1 Å². The van der Waals surface area contributed by atoms with E-state index in [1.54, 1.807) is 18.7 Å². The Balaban J connectivity index is 3.23. The van der Waals surface area contributed by atoms with Gasteiger partial charge in [0.1, 0.15) is 6.04 Å². The highest BCUT2D eigenvalue weighted by Crippen LogP contribution is 2.27. The molecule has 0 fully saturated rings. The third-order valence-corrected chi connectivity index (χ3v) is 3.44. The Bertz CT molecular complexity index is 492. The molecule has 0 radical (unpaired) electrons. The summed E-state index contributed by atoms with van der Waals surface area (Å²) in [6.45, 7) is 7.11. The first-order valence-electron chi connectivity index (χ1n) is 6.54. The Morgan fingerprint density at radius 1 is 1.10 bits per heavy atom. The highest BCUT2D eigenvalue weighted by Gasteiger charge is 2.27. The lowest BCUT2D eigenvalue weighted by atomic mass is 10.0. The smallest absolute Gasteiger partial charge is 0.326 e. The molecule has 0 bridgehead atoms. The molecule has 0 heterocycles. The van der Waals surface area contributed by atoms with Crippen molar-refractivity contribution in [2.45, 2.75) is 33.7 Å². The van der Waals surface area contributed by atoms with E-state index in [9.17, 15) is 14.7 Å². The standard InChI is InChI=1S/C15H21NO4/c1-9-6-5-7-10(2)13(9)16(12(4)15(19)20)8-11(3)14(17)18/h5-7,11-12H,8H2,1-4H3,(H,17,18)(H,19,20). The van der Waals surface area contributed by atoms with Crippen LogP contribution in [0.5, 0.6) is 0 Å². The third kappa shape index (κ3) is 3.50. The third-order valence-electron chi connectivity index (χ3n) is 3.44. The molecule has 0 aliphatic rings. The maximum atomic E-state index is 11.3. The fourth-order valence-corrected chi connectivity index (χ4v) is 2.21. The Morgan fingerprint density at radius 2 is 1.60 bits per heavy atom. The summed E-state index contributed by atoms with van der Waals surface area (Å²) in [6.07, 6.45) is 0. The molecule has 0 saturated heterocycles. The van der Waals surface area contributed by atoms with Gasteiger partial charge in [-0.25, -0.2) is 4.79 Å². The van der Waals surface area contributed by atoms with Crippen molar-refractivity contribution in [1.29, 1.82) is 0 Å². The van der Waals surface area contributed by atoms with E-state index in [2.05, 4.69) is 0 Å². The summed E-state index contributed by atoms with van der Waals surface area (Å²) in [6, 6.07) is 4.92. The van der Waals surface area contributed by atoms with Crippen molar-refractivity contribution < 1.29 is 19.8 Å². The van der Waals surface area contributed by atoms with Crippen LogP contribution in [0.25, 0.3) is 0 Å². The molecule has 110 valence electrons. The summed E-state index contributed by atoms with van der Waals surface area (Å²) in [5.41, 5.74) is 2.68. The number of benzene rings is 1. The monoisotopic (exact) mass is 279 g/mol. The van der Waals surface area contributed by atoms with Crippen LogP contribution in [0.2, 0.25) is 0 Å². The van der Waals surface area contributed by atoms with Gasteiger partial charge < -0.3 is 15.1 Å². The largest absolute Gasteiger partial charge is 0.481 e. The molecule has 0 aromatic heterocycles. The van der Waals surface area contributed by atoms with E-state index in [1.165, 1.54) is 0 Å². The molecule has 2 N–H and O–H groups in total. The molecule has 2 unspecified atom stereocenters. The number of nitrogens with zero attached hydrogens (tertiary/aromatic N) is 1. The Morgan fingerprint density at radius 3 is 2.00 bits per heavy atom. The zero-order chi connectivity index (χ0) is 15.4. The fraction of sp³-hybridized carbons (Fsp3) is 0.467. The van der Waals surface area contributed by atoms with Crippen LogP contribution in [0.15, 0.2) is 18.2 Å². The Hall–Kier alpha value is -2.04. The second-order valence-corrected chi connectivity index (χ2v) is 5.15. The quantitative estimate of drug-likeness (QED) is 0.835. The summed E-state index contributed by atoms with van der Waals surface area (Å²) in [4.78, 5) is 24.0. The van der Waals surface area contributed by atoms with E-state index in [1.807, 2.05) is 32.0 Å². The molecule has 1 aromatic rings. The van der Waals surface area contributed by atoms with Gasteiger partial charge in [0.05, 0.1) is 5.92 Å². The van der Waals surface area contributed by atoms with Crippen LogP contribution in [0.1, 0.15) is 25.0 Å². The van der Waals surface area contributed by atoms with Crippen LogP contribution in [-0.4, -0.2) is 34.7 Å².